The topological polar surface area (TPSA) is 24.5 Å². The molecule has 1 N–H and O–H groups in total. The van der Waals surface area contributed by atoms with Crippen molar-refractivity contribution in [3.8, 4) is 0 Å². The van der Waals surface area contributed by atoms with E-state index in [1.165, 1.54) is 24.0 Å². The fraction of sp³-hybridized carbons (Fsp3) is 0.647. The lowest BCUT2D eigenvalue weighted by Crippen LogP contribution is -2.47. The fourth-order valence-electron chi connectivity index (χ4n) is 3.63. The zero-order chi connectivity index (χ0) is 13.8. The molecule has 1 aromatic carbocycles. The van der Waals surface area contributed by atoms with Gasteiger partial charge in [0.2, 0.25) is 0 Å². The average molecular weight is 347 g/mol. The number of nitrogens with one attached hydrogen (secondary N) is 1. The summed E-state index contributed by atoms with van der Waals surface area (Å²) in [7, 11) is 0. The molecule has 1 atom stereocenters. The van der Waals surface area contributed by atoms with Gasteiger partial charge in [0.05, 0.1) is 0 Å². The van der Waals surface area contributed by atoms with Gasteiger partial charge in [-0.3, -0.25) is 4.90 Å². The lowest BCUT2D eigenvalue weighted by molar-refractivity contribution is 0.0213. The van der Waals surface area contributed by atoms with Crippen LogP contribution in [0.5, 0.6) is 0 Å². The van der Waals surface area contributed by atoms with E-state index in [0.29, 0.717) is 6.04 Å². The standard InChI is InChI=1S/C17H26N2O.2ClH/c1-14-3-2-4-16(13-14)17(15-5-11-20-12-6-15)19-9-7-18-8-10-19;;/h2-4,13,15,17-18H,5-12H2,1H3;2*1H/t17-;;/m1../s1. The maximum absolute atomic E-state index is 5.57. The summed E-state index contributed by atoms with van der Waals surface area (Å²) in [5, 5.41) is 3.47. The van der Waals surface area contributed by atoms with E-state index in [0.717, 1.165) is 45.3 Å². The molecule has 2 aliphatic rings. The van der Waals surface area contributed by atoms with Crippen LogP contribution >= 0.6 is 24.8 Å². The van der Waals surface area contributed by atoms with Gasteiger partial charge in [-0.2, -0.15) is 0 Å². The smallest absolute Gasteiger partial charge is 0.0469 e. The van der Waals surface area contributed by atoms with Crippen molar-refractivity contribution >= 4 is 24.8 Å². The summed E-state index contributed by atoms with van der Waals surface area (Å²) in [6.45, 7) is 8.61. The van der Waals surface area contributed by atoms with Crippen molar-refractivity contribution in [1.82, 2.24) is 10.2 Å². The van der Waals surface area contributed by atoms with Crippen molar-refractivity contribution in [2.24, 2.45) is 5.92 Å². The molecule has 0 unspecified atom stereocenters. The number of halogens is 2. The summed E-state index contributed by atoms with van der Waals surface area (Å²) in [6, 6.07) is 9.67. The molecular weight excluding hydrogens is 319 g/mol. The highest BCUT2D eigenvalue weighted by atomic mass is 35.5. The molecule has 0 saturated carbocycles. The Morgan fingerprint density at radius 1 is 1.14 bits per heavy atom. The number of nitrogens with zero attached hydrogens (tertiary/aromatic N) is 1. The van der Waals surface area contributed by atoms with E-state index in [2.05, 4.69) is 41.4 Å². The zero-order valence-corrected chi connectivity index (χ0v) is 14.9. The van der Waals surface area contributed by atoms with Crippen LogP contribution in [0.15, 0.2) is 24.3 Å². The number of piperazine rings is 1. The van der Waals surface area contributed by atoms with Gasteiger partial charge in [0.1, 0.15) is 0 Å². The van der Waals surface area contributed by atoms with Crippen LogP contribution in [0, 0.1) is 12.8 Å². The monoisotopic (exact) mass is 346 g/mol. The number of rotatable bonds is 3. The summed E-state index contributed by atoms with van der Waals surface area (Å²) < 4.78 is 5.57. The molecule has 5 heteroatoms. The summed E-state index contributed by atoms with van der Waals surface area (Å²) in [6.07, 6.45) is 2.39. The Hall–Kier alpha value is -0.320. The Kier molecular flexibility index (Phi) is 8.73. The largest absolute Gasteiger partial charge is 0.381 e. The molecule has 2 saturated heterocycles. The van der Waals surface area contributed by atoms with Crippen LogP contribution in [0.3, 0.4) is 0 Å². The first-order valence-electron chi connectivity index (χ1n) is 7.93. The minimum Gasteiger partial charge on any atom is -0.381 e. The van der Waals surface area contributed by atoms with Crippen LogP contribution in [-0.2, 0) is 4.74 Å². The second-order valence-corrected chi connectivity index (χ2v) is 6.09. The second kappa shape index (κ2) is 9.74. The van der Waals surface area contributed by atoms with Crippen LogP contribution in [0.1, 0.15) is 30.0 Å². The van der Waals surface area contributed by atoms with E-state index in [9.17, 15) is 0 Å². The Labute approximate surface area is 146 Å². The molecule has 2 aliphatic heterocycles. The molecule has 0 radical (unpaired) electrons. The van der Waals surface area contributed by atoms with Crippen LogP contribution in [-0.4, -0.2) is 44.3 Å². The molecule has 22 heavy (non-hydrogen) atoms. The average Bonchev–Trinajstić information content (AvgIpc) is 2.50. The minimum atomic E-state index is 0. The Balaban J connectivity index is 0.00000121. The summed E-state index contributed by atoms with van der Waals surface area (Å²) >= 11 is 0. The first kappa shape index (κ1) is 19.7. The van der Waals surface area contributed by atoms with Crippen molar-refractivity contribution < 1.29 is 4.74 Å². The Morgan fingerprint density at radius 3 is 2.45 bits per heavy atom. The lowest BCUT2D eigenvalue weighted by atomic mass is 9.85. The van der Waals surface area contributed by atoms with E-state index in [1.54, 1.807) is 0 Å². The normalized spacial score (nSPS) is 21.5. The van der Waals surface area contributed by atoms with Crippen LogP contribution in [0.25, 0.3) is 0 Å². The first-order chi connectivity index (χ1) is 9.84. The van der Waals surface area contributed by atoms with E-state index < -0.39 is 0 Å². The summed E-state index contributed by atoms with van der Waals surface area (Å²) in [4.78, 5) is 2.68. The van der Waals surface area contributed by atoms with Crippen molar-refractivity contribution in [2.75, 3.05) is 39.4 Å². The summed E-state index contributed by atoms with van der Waals surface area (Å²) in [5.74, 6) is 0.739. The molecule has 0 aliphatic carbocycles. The number of hydrogen-bond donors (Lipinski definition) is 1. The van der Waals surface area contributed by atoms with Crippen molar-refractivity contribution in [2.45, 2.75) is 25.8 Å². The Morgan fingerprint density at radius 2 is 1.82 bits per heavy atom. The second-order valence-electron chi connectivity index (χ2n) is 6.09. The lowest BCUT2D eigenvalue weighted by Gasteiger charge is -2.41. The van der Waals surface area contributed by atoms with Gasteiger partial charge in [0, 0.05) is 45.4 Å². The molecule has 2 heterocycles. The van der Waals surface area contributed by atoms with Crippen molar-refractivity contribution in [3.05, 3.63) is 35.4 Å². The number of hydrogen-bond acceptors (Lipinski definition) is 3. The SMILES string of the molecule is Cc1cccc([C@@H](C2CCOCC2)N2CCNCC2)c1.Cl.Cl. The molecule has 0 aromatic heterocycles. The third kappa shape index (κ3) is 4.84. The van der Waals surface area contributed by atoms with Gasteiger partial charge < -0.3 is 10.1 Å². The van der Waals surface area contributed by atoms with Crippen molar-refractivity contribution in [1.29, 1.82) is 0 Å². The van der Waals surface area contributed by atoms with Gasteiger partial charge in [-0.15, -0.1) is 24.8 Å². The third-order valence-electron chi connectivity index (χ3n) is 4.64. The van der Waals surface area contributed by atoms with Gasteiger partial charge in [-0.05, 0) is 31.2 Å². The first-order valence-corrected chi connectivity index (χ1v) is 7.93. The number of aryl methyl sites for hydroxylation is 1. The van der Waals surface area contributed by atoms with Gasteiger partial charge in [0.25, 0.3) is 0 Å². The predicted molar refractivity (Wildman–Crippen MR) is 96.4 cm³/mol. The molecule has 0 amide bonds. The van der Waals surface area contributed by atoms with Gasteiger partial charge >= 0.3 is 0 Å². The molecule has 3 nitrogen and oxygen atoms in total. The minimum absolute atomic E-state index is 0. The van der Waals surface area contributed by atoms with Crippen LogP contribution < -0.4 is 5.32 Å². The highest BCUT2D eigenvalue weighted by Gasteiger charge is 2.31. The van der Waals surface area contributed by atoms with Gasteiger partial charge in [-0.25, -0.2) is 0 Å². The molecule has 1 aromatic rings. The number of ether oxygens (including phenoxy) is 1. The fourth-order valence-corrected chi connectivity index (χ4v) is 3.63. The molecule has 3 rings (SSSR count). The van der Waals surface area contributed by atoms with Crippen molar-refractivity contribution in [3.63, 3.8) is 0 Å². The van der Waals surface area contributed by atoms with Crippen LogP contribution in [0.4, 0.5) is 0 Å². The zero-order valence-electron chi connectivity index (χ0n) is 13.3. The summed E-state index contributed by atoms with van der Waals surface area (Å²) in [5.41, 5.74) is 2.87. The highest BCUT2D eigenvalue weighted by molar-refractivity contribution is 5.85. The molecule has 2 fully saturated rings. The molecule has 126 valence electrons. The Bertz CT molecular complexity index is 414. The van der Waals surface area contributed by atoms with E-state index in [4.69, 9.17) is 4.74 Å². The third-order valence-corrected chi connectivity index (χ3v) is 4.64. The molecular formula is C17H28Cl2N2O. The predicted octanol–water partition coefficient (Wildman–Crippen LogP) is 3.21. The van der Waals surface area contributed by atoms with Gasteiger partial charge in [0.15, 0.2) is 0 Å². The van der Waals surface area contributed by atoms with E-state index in [-0.39, 0.29) is 24.8 Å². The maximum atomic E-state index is 5.57. The number of benzene rings is 1. The molecule has 0 bridgehead atoms. The van der Waals surface area contributed by atoms with Gasteiger partial charge in [-0.1, -0.05) is 29.8 Å². The quantitative estimate of drug-likeness (QED) is 0.909. The molecule has 0 spiro atoms. The van der Waals surface area contributed by atoms with E-state index in [1.807, 2.05) is 0 Å². The highest BCUT2D eigenvalue weighted by Crippen LogP contribution is 2.35. The van der Waals surface area contributed by atoms with E-state index >= 15 is 0 Å². The van der Waals surface area contributed by atoms with Crippen LogP contribution in [0.2, 0.25) is 0 Å². The maximum Gasteiger partial charge on any atom is 0.0469 e.